The summed E-state index contributed by atoms with van der Waals surface area (Å²) < 4.78 is 25.8. The molecule has 1 heterocycles. The van der Waals surface area contributed by atoms with E-state index in [2.05, 4.69) is 5.32 Å². The van der Waals surface area contributed by atoms with Gasteiger partial charge in [0.05, 0.1) is 10.6 Å². The van der Waals surface area contributed by atoms with Crippen LogP contribution >= 0.6 is 0 Å². The van der Waals surface area contributed by atoms with E-state index in [-0.39, 0.29) is 10.6 Å². The molecule has 0 saturated heterocycles. The first-order chi connectivity index (χ1) is 12.4. The van der Waals surface area contributed by atoms with Crippen molar-refractivity contribution in [3.63, 3.8) is 0 Å². The highest BCUT2D eigenvalue weighted by molar-refractivity contribution is 7.90. The van der Waals surface area contributed by atoms with Crippen molar-refractivity contribution in [1.29, 1.82) is 0 Å². The SMILES string of the molecule is Cc1ccc(S(=O)(=O)n2ccc(NCc3ccccc3)c(O)c2=O)cc1. The first kappa shape index (κ1) is 17.8. The van der Waals surface area contributed by atoms with Crippen molar-refractivity contribution in [1.82, 2.24) is 3.97 Å². The van der Waals surface area contributed by atoms with Crippen molar-refractivity contribution in [2.24, 2.45) is 0 Å². The maximum atomic E-state index is 12.6. The van der Waals surface area contributed by atoms with Gasteiger partial charge in [-0.25, -0.2) is 12.4 Å². The lowest BCUT2D eigenvalue weighted by atomic mass is 10.2. The molecule has 3 aromatic rings. The van der Waals surface area contributed by atoms with Crippen LogP contribution in [0.4, 0.5) is 5.69 Å². The number of benzene rings is 2. The molecule has 0 radical (unpaired) electrons. The molecule has 6 nitrogen and oxygen atoms in total. The Kier molecular flexibility index (Phi) is 4.81. The molecule has 0 saturated carbocycles. The molecule has 0 aliphatic heterocycles. The van der Waals surface area contributed by atoms with Crippen LogP contribution in [0, 0.1) is 6.92 Å². The number of aromatic nitrogens is 1. The number of aryl methyl sites for hydroxylation is 1. The molecule has 2 aromatic carbocycles. The van der Waals surface area contributed by atoms with E-state index in [4.69, 9.17) is 0 Å². The minimum Gasteiger partial charge on any atom is -0.502 e. The fourth-order valence-electron chi connectivity index (χ4n) is 2.46. The Morgan fingerprint density at radius 3 is 2.31 bits per heavy atom. The molecule has 0 unspecified atom stereocenters. The number of hydrogen-bond donors (Lipinski definition) is 2. The number of pyridine rings is 1. The third-order valence-electron chi connectivity index (χ3n) is 3.94. The predicted octanol–water partition coefficient (Wildman–Crippen LogP) is 2.71. The van der Waals surface area contributed by atoms with Crippen molar-refractivity contribution in [2.45, 2.75) is 18.4 Å². The molecule has 2 N–H and O–H groups in total. The molecule has 0 amide bonds. The molecule has 134 valence electrons. The van der Waals surface area contributed by atoms with Crippen LogP contribution in [0.2, 0.25) is 0 Å². The molecule has 3 rings (SSSR count). The summed E-state index contributed by atoms with van der Waals surface area (Å²) in [6.45, 7) is 2.23. The normalized spacial score (nSPS) is 11.3. The van der Waals surface area contributed by atoms with Gasteiger partial charge in [-0.3, -0.25) is 4.79 Å². The zero-order chi connectivity index (χ0) is 18.7. The standard InChI is InChI=1S/C19H18N2O4S/c1-14-7-9-16(10-8-14)26(24,25)21-12-11-17(18(22)19(21)23)20-13-15-5-3-2-4-6-15/h2-12,20,22H,13H2,1H3. The minimum absolute atomic E-state index is 0.0189. The Morgan fingerprint density at radius 2 is 1.65 bits per heavy atom. The lowest BCUT2D eigenvalue weighted by molar-refractivity contribution is 0.465. The Hall–Kier alpha value is -3.06. The highest BCUT2D eigenvalue weighted by Crippen LogP contribution is 2.21. The summed E-state index contributed by atoms with van der Waals surface area (Å²) in [6.07, 6.45) is 1.14. The fourth-order valence-corrected chi connectivity index (χ4v) is 3.69. The zero-order valence-corrected chi connectivity index (χ0v) is 14.9. The van der Waals surface area contributed by atoms with E-state index < -0.39 is 21.3 Å². The Morgan fingerprint density at radius 1 is 1.00 bits per heavy atom. The largest absolute Gasteiger partial charge is 0.502 e. The lowest BCUT2D eigenvalue weighted by Crippen LogP contribution is -2.27. The van der Waals surface area contributed by atoms with Gasteiger partial charge < -0.3 is 10.4 Å². The van der Waals surface area contributed by atoms with Gasteiger partial charge in [-0.15, -0.1) is 0 Å². The summed E-state index contributed by atoms with van der Waals surface area (Å²) in [5, 5.41) is 13.1. The topological polar surface area (TPSA) is 88.4 Å². The molecule has 0 bridgehead atoms. The molecule has 0 aliphatic rings. The zero-order valence-electron chi connectivity index (χ0n) is 14.1. The summed E-state index contributed by atoms with van der Waals surface area (Å²) in [5.41, 5.74) is 1.04. The quantitative estimate of drug-likeness (QED) is 0.721. The second-order valence-corrected chi connectivity index (χ2v) is 7.65. The summed E-state index contributed by atoms with van der Waals surface area (Å²) in [4.78, 5) is 12.4. The van der Waals surface area contributed by atoms with Crippen molar-refractivity contribution in [3.05, 3.63) is 88.3 Å². The van der Waals surface area contributed by atoms with Gasteiger partial charge in [0.15, 0.2) is 0 Å². The average molecular weight is 370 g/mol. The number of aromatic hydroxyl groups is 1. The summed E-state index contributed by atoms with van der Waals surface area (Å²) in [6, 6.07) is 16.9. The minimum atomic E-state index is -4.08. The van der Waals surface area contributed by atoms with E-state index in [1.807, 2.05) is 37.3 Å². The number of nitrogens with one attached hydrogen (secondary N) is 1. The molecular weight excluding hydrogens is 352 g/mol. The van der Waals surface area contributed by atoms with Gasteiger partial charge in [0.1, 0.15) is 0 Å². The lowest BCUT2D eigenvalue weighted by Gasteiger charge is -2.12. The van der Waals surface area contributed by atoms with E-state index in [1.165, 1.54) is 18.2 Å². The third kappa shape index (κ3) is 3.48. The van der Waals surface area contributed by atoms with Gasteiger partial charge in [-0.1, -0.05) is 48.0 Å². The van der Waals surface area contributed by atoms with E-state index in [0.717, 1.165) is 17.3 Å². The Bertz CT molecular complexity index is 1070. The van der Waals surface area contributed by atoms with E-state index in [0.29, 0.717) is 10.5 Å². The van der Waals surface area contributed by atoms with Crippen LogP contribution in [-0.4, -0.2) is 17.5 Å². The first-order valence-electron chi connectivity index (χ1n) is 7.94. The number of rotatable bonds is 5. The average Bonchev–Trinajstić information content (AvgIpc) is 2.64. The van der Waals surface area contributed by atoms with Crippen molar-refractivity contribution >= 4 is 15.7 Å². The van der Waals surface area contributed by atoms with E-state index in [1.54, 1.807) is 12.1 Å². The molecule has 1 aromatic heterocycles. The molecular formula is C19H18N2O4S. The van der Waals surface area contributed by atoms with E-state index >= 15 is 0 Å². The Labute approximate surface area is 151 Å². The highest BCUT2D eigenvalue weighted by atomic mass is 32.2. The first-order valence-corrected chi connectivity index (χ1v) is 9.38. The van der Waals surface area contributed by atoms with Gasteiger partial charge in [0.2, 0.25) is 5.75 Å². The van der Waals surface area contributed by atoms with Crippen LogP contribution in [0.3, 0.4) is 0 Å². The van der Waals surface area contributed by atoms with Gasteiger partial charge in [0.25, 0.3) is 10.0 Å². The number of anilines is 1. The molecule has 26 heavy (non-hydrogen) atoms. The molecule has 0 atom stereocenters. The van der Waals surface area contributed by atoms with Crippen LogP contribution in [0.5, 0.6) is 5.75 Å². The maximum absolute atomic E-state index is 12.6. The van der Waals surface area contributed by atoms with Gasteiger partial charge >= 0.3 is 5.56 Å². The smallest absolute Gasteiger partial charge is 0.308 e. The molecule has 0 spiro atoms. The monoisotopic (exact) mass is 370 g/mol. The summed E-state index contributed by atoms with van der Waals surface area (Å²) >= 11 is 0. The Balaban J connectivity index is 1.92. The van der Waals surface area contributed by atoms with Crippen LogP contribution in [0.25, 0.3) is 0 Å². The highest BCUT2D eigenvalue weighted by Gasteiger charge is 2.21. The van der Waals surface area contributed by atoms with Gasteiger partial charge in [-0.2, -0.15) is 0 Å². The number of nitrogens with zero attached hydrogens (tertiary/aromatic N) is 1. The van der Waals surface area contributed by atoms with Crippen molar-refractivity contribution < 1.29 is 13.5 Å². The van der Waals surface area contributed by atoms with Crippen LogP contribution in [-0.2, 0) is 16.6 Å². The molecule has 7 heteroatoms. The van der Waals surface area contributed by atoms with Gasteiger partial charge in [0, 0.05) is 12.7 Å². The fraction of sp³-hybridized carbons (Fsp3) is 0.105. The van der Waals surface area contributed by atoms with Crippen molar-refractivity contribution in [2.75, 3.05) is 5.32 Å². The second kappa shape index (κ2) is 7.05. The summed E-state index contributed by atoms with van der Waals surface area (Å²) in [7, 11) is -4.08. The number of hydrogen-bond acceptors (Lipinski definition) is 5. The summed E-state index contributed by atoms with van der Waals surface area (Å²) in [5.74, 6) is -0.640. The molecule has 0 aliphatic carbocycles. The third-order valence-corrected chi connectivity index (χ3v) is 5.61. The molecule has 0 fully saturated rings. The maximum Gasteiger partial charge on any atom is 0.308 e. The van der Waals surface area contributed by atoms with Crippen LogP contribution < -0.4 is 10.9 Å². The second-order valence-electron chi connectivity index (χ2n) is 5.84. The van der Waals surface area contributed by atoms with Gasteiger partial charge in [-0.05, 0) is 30.7 Å². The van der Waals surface area contributed by atoms with Crippen LogP contribution in [0.1, 0.15) is 11.1 Å². The van der Waals surface area contributed by atoms with E-state index in [9.17, 15) is 18.3 Å². The van der Waals surface area contributed by atoms with Crippen LogP contribution in [0.15, 0.2) is 76.6 Å². The predicted molar refractivity (Wildman–Crippen MR) is 99.9 cm³/mol. The van der Waals surface area contributed by atoms with Crippen molar-refractivity contribution in [3.8, 4) is 5.75 Å².